The molecule has 11 nitrogen and oxygen atoms in total. The van der Waals surface area contributed by atoms with Crippen LogP contribution in [0.25, 0.3) is 44.1 Å². The average molecular weight is 588 g/mol. The van der Waals surface area contributed by atoms with Crippen molar-refractivity contribution in [2.45, 2.75) is 12.1 Å². The van der Waals surface area contributed by atoms with Gasteiger partial charge in [0.1, 0.15) is 16.9 Å². The van der Waals surface area contributed by atoms with E-state index in [9.17, 15) is 14.7 Å². The summed E-state index contributed by atoms with van der Waals surface area (Å²) >= 11 is 6.59. The van der Waals surface area contributed by atoms with Gasteiger partial charge in [0.15, 0.2) is 0 Å². The molecule has 2 fully saturated rings. The zero-order chi connectivity index (χ0) is 29.4. The molecule has 4 aromatic heterocycles. The van der Waals surface area contributed by atoms with E-state index in [4.69, 9.17) is 21.3 Å². The van der Waals surface area contributed by atoms with E-state index in [1.165, 1.54) is 6.20 Å². The van der Waals surface area contributed by atoms with Crippen LogP contribution in [0.15, 0.2) is 41.6 Å². The molecule has 2 saturated heterocycles. The number of carboxylic acids is 1. The van der Waals surface area contributed by atoms with Gasteiger partial charge in [-0.2, -0.15) is 0 Å². The lowest BCUT2D eigenvalue weighted by Gasteiger charge is -2.27. The van der Waals surface area contributed by atoms with Crippen molar-refractivity contribution in [3.05, 3.63) is 57.6 Å². The molecule has 0 spiro atoms. The molecule has 0 radical (unpaired) electrons. The number of hydrogen-bond acceptors (Lipinski definition) is 8. The Morgan fingerprint density at radius 1 is 1.19 bits per heavy atom. The summed E-state index contributed by atoms with van der Waals surface area (Å²) in [5.41, 5.74) is 4.38. The third kappa shape index (κ3) is 3.95. The third-order valence-corrected chi connectivity index (χ3v) is 8.97. The lowest BCUT2D eigenvalue weighted by molar-refractivity contribution is 0.0695. The van der Waals surface area contributed by atoms with Gasteiger partial charge in [-0.15, -0.1) is 0 Å². The van der Waals surface area contributed by atoms with Crippen LogP contribution in [0.1, 0.15) is 10.4 Å². The molecule has 6 heterocycles. The predicted octanol–water partition coefficient (Wildman–Crippen LogP) is 3.79. The van der Waals surface area contributed by atoms with E-state index < -0.39 is 11.4 Å². The first-order chi connectivity index (χ1) is 20.2. The van der Waals surface area contributed by atoms with Crippen LogP contribution in [0.2, 0.25) is 5.02 Å². The highest BCUT2D eigenvalue weighted by atomic mass is 35.5. The number of aromatic carboxylic acids is 1. The number of carboxylic acid groups (broad SMARTS) is 1. The van der Waals surface area contributed by atoms with E-state index in [1.807, 2.05) is 19.2 Å². The van der Waals surface area contributed by atoms with Gasteiger partial charge in [-0.25, -0.2) is 14.8 Å². The van der Waals surface area contributed by atoms with E-state index in [-0.39, 0.29) is 17.1 Å². The van der Waals surface area contributed by atoms with Gasteiger partial charge < -0.3 is 34.5 Å². The summed E-state index contributed by atoms with van der Waals surface area (Å²) in [5.74, 6) is -0.959. The maximum atomic E-state index is 13.2. The van der Waals surface area contributed by atoms with Gasteiger partial charge in [0.25, 0.3) is 0 Å². The Kier molecular flexibility index (Phi) is 6.16. The van der Waals surface area contributed by atoms with Gasteiger partial charge in [-0.1, -0.05) is 11.6 Å². The highest BCUT2D eigenvalue weighted by molar-refractivity contribution is 6.33. The normalized spacial score (nSPS) is 20.3. The lowest BCUT2D eigenvalue weighted by atomic mass is 9.99. The summed E-state index contributed by atoms with van der Waals surface area (Å²) in [4.78, 5) is 42.5. The van der Waals surface area contributed by atoms with Crippen molar-refractivity contribution < 1.29 is 14.6 Å². The number of nitrogens with zero attached hydrogens (tertiary/aromatic N) is 5. The first-order valence-corrected chi connectivity index (χ1v) is 14.1. The number of halogens is 1. The molecule has 0 saturated carbocycles. The summed E-state index contributed by atoms with van der Waals surface area (Å²) in [6, 6.07) is 5.84. The predicted molar refractivity (Wildman–Crippen MR) is 164 cm³/mol. The monoisotopic (exact) mass is 587 g/mol. The number of anilines is 2. The molecule has 42 heavy (non-hydrogen) atoms. The minimum absolute atomic E-state index is 0.0790. The summed E-state index contributed by atoms with van der Waals surface area (Å²) in [6.45, 7) is 2.17. The molecule has 2 aliphatic rings. The first-order valence-electron chi connectivity index (χ1n) is 13.7. The van der Waals surface area contributed by atoms with Gasteiger partial charge >= 0.3 is 5.97 Å². The Morgan fingerprint density at radius 3 is 2.74 bits per heavy atom. The fraction of sp³-hybridized carbons (Fsp3) is 0.333. The maximum absolute atomic E-state index is 13.2. The molecule has 216 valence electrons. The molecule has 0 bridgehead atoms. The minimum Gasteiger partial charge on any atom is -0.477 e. The number of pyridine rings is 3. The molecule has 1 unspecified atom stereocenters. The number of benzene rings is 1. The Balaban J connectivity index is 1.50. The number of H-pyrrole nitrogens is 1. The van der Waals surface area contributed by atoms with E-state index in [1.54, 1.807) is 30.1 Å². The quantitative estimate of drug-likeness (QED) is 0.281. The molecule has 1 aromatic carbocycles. The fourth-order valence-electron chi connectivity index (χ4n) is 6.71. The lowest BCUT2D eigenvalue weighted by Crippen LogP contribution is -2.37. The summed E-state index contributed by atoms with van der Waals surface area (Å²) in [7, 11) is 7.70. The third-order valence-electron chi connectivity index (χ3n) is 8.75. The summed E-state index contributed by atoms with van der Waals surface area (Å²) < 4.78 is 7.82. The number of nitrogens with one attached hydrogen (secondary N) is 2. The standard InChI is InChI=1S/C30H30ClN7O4/c1-32-21-7-15(31)6-16-24-26(38-11-19-22(36(2)3)13-42-23(19)12-38)18(9-33-28(24)35-25(16)21)14-5-17-27(39)20(30(40)41)10-37(4)29(17)34-8-14/h5-10,19,22-23,32H,11-13H2,1-4H3,(H,33,35)(H,40,41)/t19-,22?,23-/m0/s1. The number of fused-ring (bicyclic) bond motifs is 5. The Labute approximate surface area is 245 Å². The van der Waals surface area contributed by atoms with Gasteiger partial charge in [0.05, 0.1) is 40.4 Å². The number of likely N-dealkylation sites (N-methyl/N-ethyl adjacent to an activating group) is 1. The number of aromatic amines is 1. The SMILES string of the molecule is CNc1cc(Cl)cc2c1[nH]c1ncc(-c3cnc4c(c3)c(=O)c(C(=O)O)cn4C)c(N3C[C@@H]4OCC(N(C)C)[C@@H]4C3)c12. The molecule has 2 aliphatic heterocycles. The van der Waals surface area contributed by atoms with Crippen LogP contribution in [0.4, 0.5) is 11.4 Å². The van der Waals surface area contributed by atoms with Crippen LogP contribution in [0.3, 0.4) is 0 Å². The van der Waals surface area contributed by atoms with Crippen molar-refractivity contribution in [3.8, 4) is 11.1 Å². The van der Waals surface area contributed by atoms with Crippen molar-refractivity contribution in [3.63, 3.8) is 0 Å². The zero-order valence-corrected chi connectivity index (χ0v) is 24.4. The number of hydrogen-bond donors (Lipinski definition) is 3. The van der Waals surface area contributed by atoms with E-state index in [2.05, 4.69) is 39.2 Å². The molecule has 0 amide bonds. The second-order valence-corrected chi connectivity index (χ2v) is 11.8. The average Bonchev–Trinajstić information content (AvgIpc) is 3.66. The highest BCUT2D eigenvalue weighted by Gasteiger charge is 2.45. The van der Waals surface area contributed by atoms with Gasteiger partial charge in [0, 0.05) is 79.3 Å². The summed E-state index contributed by atoms with van der Waals surface area (Å²) in [6.07, 6.45) is 4.89. The fourth-order valence-corrected chi connectivity index (χ4v) is 6.93. The number of carbonyl (C=O) groups is 1. The zero-order valence-electron chi connectivity index (χ0n) is 23.6. The van der Waals surface area contributed by atoms with Crippen molar-refractivity contribution >= 4 is 61.9 Å². The van der Waals surface area contributed by atoms with E-state index >= 15 is 0 Å². The van der Waals surface area contributed by atoms with Gasteiger partial charge in [-0.3, -0.25) is 4.79 Å². The second-order valence-electron chi connectivity index (χ2n) is 11.3. The smallest absolute Gasteiger partial charge is 0.341 e. The van der Waals surface area contributed by atoms with Crippen molar-refractivity contribution in [1.82, 2.24) is 24.4 Å². The van der Waals surface area contributed by atoms with Crippen LogP contribution < -0.4 is 15.6 Å². The first kappa shape index (κ1) is 26.7. The maximum Gasteiger partial charge on any atom is 0.341 e. The Morgan fingerprint density at radius 2 is 2.00 bits per heavy atom. The minimum atomic E-state index is -1.28. The number of aromatic nitrogens is 4. The Bertz CT molecular complexity index is 1980. The molecule has 3 atom stereocenters. The molecule has 5 aromatic rings. The number of rotatable bonds is 5. The molecule has 0 aliphatic carbocycles. The van der Waals surface area contributed by atoms with Crippen molar-refractivity contribution in [2.75, 3.05) is 51.1 Å². The van der Waals surface area contributed by atoms with Crippen molar-refractivity contribution in [1.29, 1.82) is 0 Å². The molecular weight excluding hydrogens is 558 g/mol. The summed E-state index contributed by atoms with van der Waals surface area (Å²) in [5, 5.41) is 15.5. The highest BCUT2D eigenvalue weighted by Crippen LogP contribution is 2.45. The van der Waals surface area contributed by atoms with Crippen LogP contribution in [-0.2, 0) is 11.8 Å². The van der Waals surface area contributed by atoms with Crippen LogP contribution in [0, 0.1) is 5.92 Å². The van der Waals surface area contributed by atoms with Gasteiger partial charge in [0.2, 0.25) is 5.43 Å². The number of aryl methyl sites for hydroxylation is 1. The van der Waals surface area contributed by atoms with Gasteiger partial charge in [-0.05, 0) is 32.3 Å². The van der Waals surface area contributed by atoms with E-state index in [0.29, 0.717) is 47.0 Å². The number of ether oxygens (including phenoxy) is 1. The van der Waals surface area contributed by atoms with Crippen LogP contribution in [-0.4, -0.2) is 88.5 Å². The molecular formula is C30H30ClN7O4. The molecule has 3 N–H and O–H groups in total. The largest absolute Gasteiger partial charge is 0.477 e. The molecule has 12 heteroatoms. The van der Waals surface area contributed by atoms with E-state index in [0.717, 1.165) is 39.8 Å². The Hall–Kier alpha value is -4.19. The topological polar surface area (TPSA) is 129 Å². The molecule has 7 rings (SSSR count). The van der Waals surface area contributed by atoms with Crippen molar-refractivity contribution in [2.24, 2.45) is 13.0 Å². The van der Waals surface area contributed by atoms with Crippen LogP contribution in [0.5, 0.6) is 0 Å². The second kappa shape index (κ2) is 9.69. The van der Waals surface area contributed by atoms with Crippen LogP contribution >= 0.6 is 11.6 Å².